The summed E-state index contributed by atoms with van der Waals surface area (Å²) >= 11 is 0. The third kappa shape index (κ3) is 2.17. The van der Waals surface area contributed by atoms with E-state index in [0.717, 1.165) is 12.7 Å². The number of carboxylic acids is 1. The number of sulfone groups is 1. The molecule has 0 atom stereocenters. The maximum absolute atomic E-state index is 11.6. The van der Waals surface area contributed by atoms with Crippen LogP contribution in [0.2, 0.25) is 0 Å². The van der Waals surface area contributed by atoms with E-state index in [4.69, 9.17) is 0 Å². The van der Waals surface area contributed by atoms with Crippen LogP contribution < -0.4 is 5.32 Å². The van der Waals surface area contributed by atoms with Crippen molar-refractivity contribution in [3.8, 4) is 0 Å². The summed E-state index contributed by atoms with van der Waals surface area (Å²) in [5, 5.41) is 12.0. The van der Waals surface area contributed by atoms with Gasteiger partial charge in [-0.25, -0.2) is 18.2 Å². The number of carboxylic acid groups (broad SMARTS) is 1. The number of anilines is 1. The van der Waals surface area contributed by atoms with E-state index in [1.54, 1.807) is 0 Å². The molecule has 2 N–H and O–H groups in total. The maximum atomic E-state index is 11.6. The van der Waals surface area contributed by atoms with Crippen LogP contribution in [0.5, 0.6) is 0 Å². The molecule has 18 heavy (non-hydrogen) atoms. The minimum Gasteiger partial charge on any atom is -0.480 e. The average Bonchev–Trinajstić information content (AvgIpc) is 2.22. The minimum absolute atomic E-state index is 0.0255. The Morgan fingerprint density at radius 1 is 1.50 bits per heavy atom. The van der Waals surface area contributed by atoms with Gasteiger partial charge in [-0.1, -0.05) is 0 Å². The van der Waals surface area contributed by atoms with Crippen LogP contribution in [0, 0.1) is 0 Å². The number of aliphatic carboxylic acids is 1. The number of hydrogen-bond donors (Lipinski definition) is 2. The third-order valence-electron chi connectivity index (χ3n) is 3.14. The van der Waals surface area contributed by atoms with Gasteiger partial charge in [0.15, 0.2) is 9.84 Å². The lowest BCUT2D eigenvalue weighted by molar-refractivity contribution is -0.145. The van der Waals surface area contributed by atoms with E-state index in [1.165, 1.54) is 18.3 Å². The molecule has 7 heteroatoms. The van der Waals surface area contributed by atoms with Gasteiger partial charge in [0.25, 0.3) is 0 Å². The van der Waals surface area contributed by atoms with Gasteiger partial charge >= 0.3 is 5.97 Å². The lowest BCUT2D eigenvalue weighted by Crippen LogP contribution is -2.52. The van der Waals surface area contributed by atoms with Crippen molar-refractivity contribution in [2.45, 2.75) is 29.7 Å². The van der Waals surface area contributed by atoms with Crippen LogP contribution in [-0.4, -0.2) is 36.3 Å². The van der Waals surface area contributed by atoms with Gasteiger partial charge in [-0.15, -0.1) is 0 Å². The fourth-order valence-corrected chi connectivity index (χ4v) is 2.71. The van der Waals surface area contributed by atoms with E-state index in [2.05, 4.69) is 10.3 Å². The Morgan fingerprint density at radius 2 is 2.17 bits per heavy atom. The zero-order valence-corrected chi connectivity index (χ0v) is 10.7. The van der Waals surface area contributed by atoms with Crippen LogP contribution in [0.15, 0.2) is 23.2 Å². The molecule has 2 rings (SSSR count). The number of carbonyl (C=O) groups is 1. The molecule has 1 fully saturated rings. The summed E-state index contributed by atoms with van der Waals surface area (Å²) in [6.07, 6.45) is 4.26. The lowest BCUT2D eigenvalue weighted by Gasteiger charge is -2.38. The molecular formula is C11H14N2O4S. The first-order valence-electron chi connectivity index (χ1n) is 5.52. The van der Waals surface area contributed by atoms with Gasteiger partial charge in [-0.3, -0.25) is 0 Å². The van der Waals surface area contributed by atoms with Crippen molar-refractivity contribution in [3.05, 3.63) is 18.3 Å². The summed E-state index contributed by atoms with van der Waals surface area (Å²) in [6, 6.07) is 2.93. The van der Waals surface area contributed by atoms with Crippen molar-refractivity contribution in [1.29, 1.82) is 0 Å². The van der Waals surface area contributed by atoms with Crippen molar-refractivity contribution in [2.75, 3.05) is 11.6 Å². The molecule has 0 radical (unpaired) electrons. The summed E-state index contributed by atoms with van der Waals surface area (Å²) in [7, 11) is -3.43. The van der Waals surface area contributed by atoms with E-state index in [0.29, 0.717) is 12.8 Å². The number of hydrogen-bond acceptors (Lipinski definition) is 5. The topological polar surface area (TPSA) is 96.4 Å². The quantitative estimate of drug-likeness (QED) is 0.844. The first-order valence-corrected chi connectivity index (χ1v) is 7.41. The normalized spacial score (nSPS) is 17.8. The van der Waals surface area contributed by atoms with Crippen molar-refractivity contribution in [2.24, 2.45) is 0 Å². The smallest absolute Gasteiger partial charge is 0.329 e. The molecule has 0 saturated heterocycles. The zero-order valence-electron chi connectivity index (χ0n) is 9.88. The van der Waals surface area contributed by atoms with E-state index in [9.17, 15) is 18.3 Å². The van der Waals surface area contributed by atoms with Gasteiger partial charge in [-0.2, -0.15) is 0 Å². The highest BCUT2D eigenvalue weighted by molar-refractivity contribution is 7.90. The molecule has 1 saturated carbocycles. The summed E-state index contributed by atoms with van der Waals surface area (Å²) in [6.45, 7) is 0. The Hall–Kier alpha value is -1.63. The minimum atomic E-state index is -3.43. The number of nitrogens with one attached hydrogen (secondary N) is 1. The van der Waals surface area contributed by atoms with Gasteiger partial charge in [-0.05, 0) is 31.4 Å². The second kappa shape index (κ2) is 4.24. The fraction of sp³-hybridized carbons (Fsp3) is 0.455. The molecular weight excluding hydrogens is 256 g/mol. The number of aromatic nitrogens is 1. The summed E-state index contributed by atoms with van der Waals surface area (Å²) in [5.41, 5.74) is -1.08. The summed E-state index contributed by atoms with van der Waals surface area (Å²) in [5.74, 6) is -0.860. The van der Waals surface area contributed by atoms with Crippen molar-refractivity contribution in [1.82, 2.24) is 4.98 Å². The predicted molar refractivity (Wildman–Crippen MR) is 65.2 cm³/mol. The maximum Gasteiger partial charge on any atom is 0.329 e. The Bertz CT molecular complexity index is 578. The van der Waals surface area contributed by atoms with Crippen LogP contribution in [-0.2, 0) is 14.6 Å². The van der Waals surface area contributed by atoms with Crippen LogP contribution in [0.25, 0.3) is 0 Å². The fourth-order valence-electron chi connectivity index (χ4n) is 1.93. The molecule has 0 unspecified atom stereocenters. The van der Waals surface area contributed by atoms with E-state index >= 15 is 0 Å². The summed E-state index contributed by atoms with van der Waals surface area (Å²) in [4.78, 5) is 15.2. The van der Waals surface area contributed by atoms with Gasteiger partial charge in [0, 0.05) is 12.5 Å². The molecule has 98 valence electrons. The van der Waals surface area contributed by atoms with Crippen molar-refractivity contribution < 1.29 is 18.3 Å². The van der Waals surface area contributed by atoms with Gasteiger partial charge in [0.2, 0.25) is 0 Å². The molecule has 0 spiro atoms. The second-order valence-electron chi connectivity index (χ2n) is 4.49. The van der Waals surface area contributed by atoms with Crippen molar-refractivity contribution in [3.63, 3.8) is 0 Å². The molecule has 1 aromatic rings. The van der Waals surface area contributed by atoms with Crippen molar-refractivity contribution >= 4 is 21.6 Å². The molecule has 0 bridgehead atoms. The molecule has 0 aromatic carbocycles. The Kier molecular flexibility index (Phi) is 3.02. The van der Waals surface area contributed by atoms with Crippen LogP contribution in [0.1, 0.15) is 19.3 Å². The SMILES string of the molecule is CS(=O)(=O)c1cccnc1NC1(C(=O)O)CCC1. The molecule has 1 aliphatic rings. The van der Waals surface area contributed by atoms with Crippen LogP contribution in [0.4, 0.5) is 5.82 Å². The highest BCUT2D eigenvalue weighted by Crippen LogP contribution is 2.36. The molecule has 0 aliphatic heterocycles. The Balaban J connectivity index is 2.38. The monoisotopic (exact) mass is 270 g/mol. The molecule has 1 aliphatic carbocycles. The van der Waals surface area contributed by atoms with E-state index in [1.807, 2.05) is 0 Å². The predicted octanol–water partition coefficient (Wildman–Crippen LogP) is 0.904. The number of pyridine rings is 1. The summed E-state index contributed by atoms with van der Waals surface area (Å²) < 4.78 is 23.2. The lowest BCUT2D eigenvalue weighted by atomic mass is 9.77. The Morgan fingerprint density at radius 3 is 2.61 bits per heavy atom. The average molecular weight is 270 g/mol. The van der Waals surface area contributed by atoms with Gasteiger partial charge in [0.05, 0.1) is 0 Å². The van der Waals surface area contributed by atoms with Gasteiger partial charge < -0.3 is 10.4 Å². The van der Waals surface area contributed by atoms with E-state index in [-0.39, 0.29) is 10.7 Å². The second-order valence-corrected chi connectivity index (χ2v) is 6.47. The largest absolute Gasteiger partial charge is 0.480 e. The molecule has 0 amide bonds. The Labute approximate surface area is 105 Å². The van der Waals surface area contributed by atoms with Crippen LogP contribution in [0.3, 0.4) is 0 Å². The zero-order chi connectivity index (χ0) is 13.4. The van der Waals surface area contributed by atoms with Gasteiger partial charge in [0.1, 0.15) is 16.3 Å². The highest BCUT2D eigenvalue weighted by Gasteiger charge is 2.45. The standard InChI is InChI=1S/C11H14N2O4S/c1-18(16,17)8-4-2-7-12-9(8)13-11(10(14)15)5-3-6-11/h2,4,7H,3,5-6H2,1H3,(H,12,13)(H,14,15). The van der Waals surface area contributed by atoms with E-state index < -0.39 is 21.3 Å². The highest BCUT2D eigenvalue weighted by atomic mass is 32.2. The first kappa shape index (κ1) is 12.8. The molecule has 1 heterocycles. The third-order valence-corrected chi connectivity index (χ3v) is 4.27. The molecule has 1 aromatic heterocycles. The molecule has 6 nitrogen and oxygen atoms in total. The number of nitrogens with zero attached hydrogens (tertiary/aromatic N) is 1. The number of rotatable bonds is 4. The van der Waals surface area contributed by atoms with Crippen LogP contribution >= 0.6 is 0 Å². The first-order chi connectivity index (χ1) is 8.35.